The van der Waals surface area contributed by atoms with Gasteiger partial charge in [0.15, 0.2) is 11.5 Å². The van der Waals surface area contributed by atoms with Crippen LogP contribution in [0.5, 0.6) is 11.5 Å². The molecule has 1 amide bonds. The van der Waals surface area contributed by atoms with Crippen LogP contribution in [0, 0.1) is 0 Å². The SMILES string of the molecule is O=C(Cn1nc2ccccc2n1)N/N=C\c1ccc2c(c1)OCO2. The summed E-state index contributed by atoms with van der Waals surface area (Å²) in [5.74, 6) is 1.05. The first-order valence-electron chi connectivity index (χ1n) is 7.29. The van der Waals surface area contributed by atoms with E-state index in [9.17, 15) is 4.79 Å². The Labute approximate surface area is 136 Å². The van der Waals surface area contributed by atoms with Crippen LogP contribution in [0.1, 0.15) is 5.56 Å². The van der Waals surface area contributed by atoms with Crippen LogP contribution in [0.25, 0.3) is 11.0 Å². The zero-order chi connectivity index (χ0) is 16.4. The van der Waals surface area contributed by atoms with Crippen molar-refractivity contribution in [2.75, 3.05) is 6.79 Å². The van der Waals surface area contributed by atoms with Gasteiger partial charge in [-0.3, -0.25) is 4.79 Å². The number of ether oxygens (including phenoxy) is 2. The molecule has 1 N–H and O–H groups in total. The predicted molar refractivity (Wildman–Crippen MR) is 85.8 cm³/mol. The van der Waals surface area contributed by atoms with Crippen molar-refractivity contribution in [3.05, 3.63) is 48.0 Å². The minimum atomic E-state index is -0.313. The van der Waals surface area contributed by atoms with Crippen LogP contribution in [-0.4, -0.2) is 33.9 Å². The smallest absolute Gasteiger partial charge is 0.263 e. The fraction of sp³-hybridized carbons (Fsp3) is 0.125. The van der Waals surface area contributed by atoms with Crippen LogP contribution in [0.4, 0.5) is 0 Å². The summed E-state index contributed by atoms with van der Waals surface area (Å²) in [5, 5.41) is 12.4. The highest BCUT2D eigenvalue weighted by Gasteiger charge is 2.12. The molecule has 0 spiro atoms. The Kier molecular flexibility index (Phi) is 3.54. The molecule has 0 aliphatic carbocycles. The van der Waals surface area contributed by atoms with E-state index in [4.69, 9.17) is 9.47 Å². The molecule has 2 heterocycles. The third-order valence-corrected chi connectivity index (χ3v) is 3.41. The highest BCUT2D eigenvalue weighted by atomic mass is 16.7. The van der Waals surface area contributed by atoms with Gasteiger partial charge in [0.25, 0.3) is 5.91 Å². The lowest BCUT2D eigenvalue weighted by Crippen LogP contribution is -2.24. The van der Waals surface area contributed by atoms with E-state index >= 15 is 0 Å². The Morgan fingerprint density at radius 3 is 2.71 bits per heavy atom. The van der Waals surface area contributed by atoms with E-state index in [2.05, 4.69) is 20.7 Å². The van der Waals surface area contributed by atoms with E-state index in [0.29, 0.717) is 11.5 Å². The summed E-state index contributed by atoms with van der Waals surface area (Å²) in [6.07, 6.45) is 1.53. The maximum atomic E-state index is 11.9. The third kappa shape index (κ3) is 2.89. The second kappa shape index (κ2) is 5.99. The quantitative estimate of drug-likeness (QED) is 0.577. The maximum absolute atomic E-state index is 11.9. The predicted octanol–water partition coefficient (Wildman–Crippen LogP) is 1.31. The summed E-state index contributed by atoms with van der Waals surface area (Å²) >= 11 is 0. The summed E-state index contributed by atoms with van der Waals surface area (Å²) in [6, 6.07) is 12.8. The van der Waals surface area contributed by atoms with Gasteiger partial charge in [-0.05, 0) is 35.9 Å². The fourth-order valence-corrected chi connectivity index (χ4v) is 2.31. The molecule has 1 aliphatic heterocycles. The summed E-state index contributed by atoms with van der Waals surface area (Å²) in [6.45, 7) is 0.213. The van der Waals surface area contributed by atoms with Gasteiger partial charge >= 0.3 is 0 Å². The Bertz CT molecular complexity index is 901. The molecule has 0 unspecified atom stereocenters. The number of benzene rings is 2. The van der Waals surface area contributed by atoms with Crippen molar-refractivity contribution in [1.82, 2.24) is 20.4 Å². The molecule has 120 valence electrons. The summed E-state index contributed by atoms with van der Waals surface area (Å²) < 4.78 is 10.5. The highest BCUT2D eigenvalue weighted by Crippen LogP contribution is 2.31. The Morgan fingerprint density at radius 1 is 1.17 bits per heavy atom. The van der Waals surface area contributed by atoms with E-state index in [1.165, 1.54) is 11.0 Å². The molecule has 8 nitrogen and oxygen atoms in total. The van der Waals surface area contributed by atoms with Crippen molar-refractivity contribution in [1.29, 1.82) is 0 Å². The second-order valence-corrected chi connectivity index (χ2v) is 5.12. The lowest BCUT2D eigenvalue weighted by atomic mass is 10.2. The number of fused-ring (bicyclic) bond motifs is 2. The van der Waals surface area contributed by atoms with Crippen LogP contribution >= 0.6 is 0 Å². The van der Waals surface area contributed by atoms with Crippen LogP contribution < -0.4 is 14.9 Å². The summed E-state index contributed by atoms with van der Waals surface area (Å²) in [7, 11) is 0. The number of hydrogen-bond acceptors (Lipinski definition) is 6. The Morgan fingerprint density at radius 2 is 1.92 bits per heavy atom. The Hall–Kier alpha value is -3.42. The van der Waals surface area contributed by atoms with Gasteiger partial charge in [-0.25, -0.2) is 5.43 Å². The Balaban J connectivity index is 1.37. The summed E-state index contributed by atoms with van der Waals surface area (Å²) in [5.41, 5.74) is 4.73. The molecule has 0 saturated heterocycles. The average molecular weight is 323 g/mol. The lowest BCUT2D eigenvalue weighted by Gasteiger charge is -1.99. The lowest BCUT2D eigenvalue weighted by molar-refractivity contribution is -0.122. The van der Waals surface area contributed by atoms with E-state index < -0.39 is 0 Å². The van der Waals surface area contributed by atoms with Gasteiger partial charge in [0.05, 0.1) is 6.21 Å². The first kappa shape index (κ1) is 14.2. The van der Waals surface area contributed by atoms with Crippen molar-refractivity contribution in [3.63, 3.8) is 0 Å². The number of nitrogens with one attached hydrogen (secondary N) is 1. The van der Waals surface area contributed by atoms with Gasteiger partial charge in [-0.1, -0.05) is 12.1 Å². The monoisotopic (exact) mass is 323 g/mol. The number of hydrogen-bond donors (Lipinski definition) is 1. The molecule has 0 fully saturated rings. The molecule has 0 radical (unpaired) electrons. The molecule has 0 bridgehead atoms. The third-order valence-electron chi connectivity index (χ3n) is 3.41. The van der Waals surface area contributed by atoms with Gasteiger partial charge in [0, 0.05) is 0 Å². The van der Waals surface area contributed by atoms with Gasteiger partial charge in [0.1, 0.15) is 17.6 Å². The first-order chi connectivity index (χ1) is 11.8. The molecule has 2 aromatic carbocycles. The zero-order valence-electron chi connectivity index (χ0n) is 12.5. The number of carbonyl (C=O) groups is 1. The molecule has 3 aromatic rings. The van der Waals surface area contributed by atoms with Gasteiger partial charge < -0.3 is 9.47 Å². The maximum Gasteiger partial charge on any atom is 0.263 e. The van der Waals surface area contributed by atoms with E-state index in [0.717, 1.165) is 16.6 Å². The van der Waals surface area contributed by atoms with Crippen molar-refractivity contribution in [2.24, 2.45) is 5.10 Å². The second-order valence-electron chi connectivity index (χ2n) is 5.12. The molecule has 24 heavy (non-hydrogen) atoms. The minimum Gasteiger partial charge on any atom is -0.454 e. The van der Waals surface area contributed by atoms with Gasteiger partial charge in [0.2, 0.25) is 6.79 Å². The molecule has 4 rings (SSSR count). The van der Waals surface area contributed by atoms with Crippen LogP contribution in [0.15, 0.2) is 47.6 Å². The van der Waals surface area contributed by atoms with Crippen LogP contribution in [0.3, 0.4) is 0 Å². The molecule has 1 aliphatic rings. The standard InChI is InChI=1S/C16H13N5O3/c22-16(9-21-19-12-3-1-2-4-13(12)20-21)18-17-8-11-5-6-14-15(7-11)24-10-23-14/h1-8H,9-10H2,(H,18,22)/b17-8-. The zero-order valence-corrected chi connectivity index (χ0v) is 12.5. The molecule has 8 heteroatoms. The number of nitrogens with zero attached hydrogens (tertiary/aromatic N) is 4. The largest absolute Gasteiger partial charge is 0.454 e. The number of rotatable bonds is 4. The average Bonchev–Trinajstić information content (AvgIpc) is 3.19. The molecule has 0 saturated carbocycles. The molecule has 1 aromatic heterocycles. The normalized spacial score (nSPS) is 12.8. The van der Waals surface area contributed by atoms with Gasteiger partial charge in [-0.2, -0.15) is 20.1 Å². The van der Waals surface area contributed by atoms with Crippen molar-refractivity contribution < 1.29 is 14.3 Å². The highest BCUT2D eigenvalue weighted by molar-refractivity contribution is 5.83. The van der Waals surface area contributed by atoms with E-state index in [-0.39, 0.29) is 19.2 Å². The number of amides is 1. The van der Waals surface area contributed by atoms with E-state index in [1.54, 1.807) is 12.1 Å². The molecular weight excluding hydrogens is 310 g/mol. The van der Waals surface area contributed by atoms with Crippen molar-refractivity contribution in [3.8, 4) is 11.5 Å². The summed E-state index contributed by atoms with van der Waals surface area (Å²) in [4.78, 5) is 13.2. The fourth-order valence-electron chi connectivity index (χ4n) is 2.31. The van der Waals surface area contributed by atoms with Crippen LogP contribution in [0.2, 0.25) is 0 Å². The molecular formula is C16H13N5O3. The molecule has 0 atom stereocenters. The first-order valence-corrected chi connectivity index (χ1v) is 7.29. The number of hydrazone groups is 1. The number of aromatic nitrogens is 3. The topological polar surface area (TPSA) is 90.6 Å². The number of carbonyl (C=O) groups excluding carboxylic acids is 1. The minimum absolute atomic E-state index is 0.00679. The van der Waals surface area contributed by atoms with Crippen molar-refractivity contribution in [2.45, 2.75) is 6.54 Å². The van der Waals surface area contributed by atoms with Gasteiger partial charge in [-0.15, -0.1) is 0 Å². The van der Waals surface area contributed by atoms with Crippen LogP contribution in [-0.2, 0) is 11.3 Å². The van der Waals surface area contributed by atoms with E-state index in [1.807, 2.05) is 30.3 Å². The van der Waals surface area contributed by atoms with Crippen molar-refractivity contribution >= 4 is 23.2 Å².